The van der Waals surface area contributed by atoms with Gasteiger partial charge < -0.3 is 5.11 Å². The van der Waals surface area contributed by atoms with Crippen LogP contribution >= 0.6 is 11.6 Å². The minimum atomic E-state index is -0.772. The van der Waals surface area contributed by atoms with E-state index in [9.17, 15) is 4.79 Å². The van der Waals surface area contributed by atoms with E-state index in [-0.39, 0.29) is 12.6 Å². The third kappa shape index (κ3) is 3.48. The summed E-state index contributed by atoms with van der Waals surface area (Å²) in [5, 5.41) is 9.85. The Labute approximate surface area is 119 Å². The summed E-state index contributed by atoms with van der Waals surface area (Å²) in [6, 6.07) is 8.09. The van der Waals surface area contributed by atoms with Gasteiger partial charge in [0, 0.05) is 17.1 Å². The van der Waals surface area contributed by atoms with Crippen molar-refractivity contribution in [3.8, 4) is 0 Å². The second-order valence-corrected chi connectivity index (χ2v) is 5.61. The zero-order valence-corrected chi connectivity index (χ0v) is 11.9. The second-order valence-electron chi connectivity index (χ2n) is 5.20. The molecule has 1 aromatic carbocycles. The predicted molar refractivity (Wildman–Crippen MR) is 76.5 cm³/mol. The minimum absolute atomic E-state index is 0.0351. The summed E-state index contributed by atoms with van der Waals surface area (Å²) in [5.41, 5.74) is 1.01. The molecule has 1 aliphatic carbocycles. The van der Waals surface area contributed by atoms with Gasteiger partial charge in [-0.1, -0.05) is 42.6 Å². The average molecular weight is 282 g/mol. The largest absolute Gasteiger partial charge is 0.480 e. The van der Waals surface area contributed by atoms with Gasteiger partial charge in [0.2, 0.25) is 0 Å². The number of carboxylic acids is 1. The molecule has 1 aromatic rings. The van der Waals surface area contributed by atoms with Gasteiger partial charge in [-0.25, -0.2) is 0 Å². The molecule has 4 heteroatoms. The van der Waals surface area contributed by atoms with Gasteiger partial charge in [-0.3, -0.25) is 9.69 Å². The Morgan fingerprint density at radius 2 is 2.05 bits per heavy atom. The molecule has 1 atom stereocenters. The van der Waals surface area contributed by atoms with Crippen LogP contribution in [0.4, 0.5) is 0 Å². The fourth-order valence-corrected chi connectivity index (χ4v) is 3.26. The van der Waals surface area contributed by atoms with Crippen LogP contribution in [0, 0.1) is 0 Å². The Hall–Kier alpha value is -1.06. The summed E-state index contributed by atoms with van der Waals surface area (Å²) < 4.78 is 0. The molecule has 0 amide bonds. The fourth-order valence-electron chi connectivity index (χ4n) is 2.97. The van der Waals surface area contributed by atoms with Crippen molar-refractivity contribution in [2.75, 3.05) is 6.54 Å². The number of hydrogen-bond acceptors (Lipinski definition) is 2. The number of halogens is 1. The van der Waals surface area contributed by atoms with Gasteiger partial charge in [-0.2, -0.15) is 0 Å². The first kappa shape index (κ1) is 14.4. The Morgan fingerprint density at radius 3 is 2.63 bits per heavy atom. The summed E-state index contributed by atoms with van der Waals surface area (Å²) >= 11 is 6.23. The van der Waals surface area contributed by atoms with Crippen molar-refractivity contribution in [3.63, 3.8) is 0 Å². The van der Waals surface area contributed by atoms with Gasteiger partial charge in [0.25, 0.3) is 0 Å². The van der Waals surface area contributed by atoms with E-state index < -0.39 is 5.97 Å². The normalized spacial score (nSPS) is 17.8. The lowest BCUT2D eigenvalue weighted by Gasteiger charge is -2.33. The molecule has 3 nitrogen and oxygen atoms in total. The summed E-state index contributed by atoms with van der Waals surface area (Å²) in [7, 11) is 0. The molecule has 1 aliphatic rings. The maximum atomic E-state index is 11.1. The molecule has 0 aliphatic heterocycles. The molecule has 0 radical (unpaired) electrons. The molecule has 2 rings (SSSR count). The van der Waals surface area contributed by atoms with Crippen LogP contribution in [-0.4, -0.2) is 28.6 Å². The van der Waals surface area contributed by atoms with Crippen LogP contribution in [0.25, 0.3) is 0 Å². The third-order valence-electron chi connectivity index (χ3n) is 3.96. The number of benzene rings is 1. The molecule has 0 saturated heterocycles. The number of rotatable bonds is 5. The van der Waals surface area contributed by atoms with E-state index in [0.29, 0.717) is 11.1 Å². The van der Waals surface area contributed by atoms with E-state index >= 15 is 0 Å². The first-order chi connectivity index (χ1) is 9.09. The highest BCUT2D eigenvalue weighted by molar-refractivity contribution is 6.31. The molecule has 1 N–H and O–H groups in total. The highest BCUT2D eigenvalue weighted by Crippen LogP contribution is 2.33. The van der Waals surface area contributed by atoms with Gasteiger partial charge in [-0.05, 0) is 31.4 Å². The molecule has 19 heavy (non-hydrogen) atoms. The highest BCUT2D eigenvalue weighted by Gasteiger charge is 2.29. The van der Waals surface area contributed by atoms with Crippen LogP contribution in [0.3, 0.4) is 0 Å². The van der Waals surface area contributed by atoms with E-state index in [0.717, 1.165) is 18.4 Å². The van der Waals surface area contributed by atoms with Crippen molar-refractivity contribution < 1.29 is 9.90 Å². The Bertz CT molecular complexity index is 444. The average Bonchev–Trinajstić information content (AvgIpc) is 2.89. The van der Waals surface area contributed by atoms with Crippen LogP contribution in [0.1, 0.15) is 44.2 Å². The Balaban J connectivity index is 2.21. The zero-order valence-electron chi connectivity index (χ0n) is 11.2. The lowest BCUT2D eigenvalue weighted by atomic mass is 10.0. The molecule has 104 valence electrons. The minimum Gasteiger partial charge on any atom is -0.480 e. The maximum Gasteiger partial charge on any atom is 0.317 e. The highest BCUT2D eigenvalue weighted by atomic mass is 35.5. The van der Waals surface area contributed by atoms with Gasteiger partial charge in [0.05, 0.1) is 6.54 Å². The van der Waals surface area contributed by atoms with Crippen molar-refractivity contribution >= 4 is 17.6 Å². The van der Waals surface area contributed by atoms with Crippen molar-refractivity contribution in [1.82, 2.24) is 4.90 Å². The summed E-state index contributed by atoms with van der Waals surface area (Å²) in [6.45, 7) is 2.12. The molecular formula is C15H20ClNO2. The third-order valence-corrected chi connectivity index (χ3v) is 4.31. The van der Waals surface area contributed by atoms with E-state index in [1.165, 1.54) is 12.8 Å². The Kier molecular flexibility index (Phi) is 4.83. The van der Waals surface area contributed by atoms with Crippen LogP contribution in [0.2, 0.25) is 5.02 Å². The molecule has 0 bridgehead atoms. The van der Waals surface area contributed by atoms with Crippen molar-refractivity contribution in [2.45, 2.75) is 44.7 Å². The monoisotopic (exact) mass is 281 g/mol. The molecule has 1 unspecified atom stereocenters. The van der Waals surface area contributed by atoms with E-state index in [4.69, 9.17) is 16.7 Å². The first-order valence-corrected chi connectivity index (χ1v) is 7.19. The topological polar surface area (TPSA) is 40.5 Å². The van der Waals surface area contributed by atoms with Crippen LogP contribution in [0.15, 0.2) is 24.3 Å². The lowest BCUT2D eigenvalue weighted by molar-refractivity contribution is -0.139. The van der Waals surface area contributed by atoms with Crippen LogP contribution in [-0.2, 0) is 4.79 Å². The van der Waals surface area contributed by atoms with Crippen LogP contribution in [0.5, 0.6) is 0 Å². The molecule has 0 heterocycles. The number of nitrogens with zero attached hydrogens (tertiary/aromatic N) is 1. The van der Waals surface area contributed by atoms with Gasteiger partial charge in [0.1, 0.15) is 0 Å². The standard InChI is InChI=1S/C15H20ClNO2/c1-11(13-8-4-5-9-14(13)16)17(10-15(18)19)12-6-2-3-7-12/h4-5,8-9,11-12H,2-3,6-7,10H2,1H3,(H,18,19). The second kappa shape index (κ2) is 6.40. The zero-order chi connectivity index (χ0) is 13.8. The molecular weight excluding hydrogens is 262 g/mol. The predicted octanol–water partition coefficient (Wildman–Crippen LogP) is 3.73. The lowest BCUT2D eigenvalue weighted by Crippen LogP contribution is -2.39. The number of aliphatic carboxylic acids is 1. The molecule has 0 aromatic heterocycles. The fraction of sp³-hybridized carbons (Fsp3) is 0.533. The summed E-state index contributed by atoms with van der Waals surface area (Å²) in [4.78, 5) is 13.2. The van der Waals surface area contributed by atoms with Gasteiger partial charge >= 0.3 is 5.97 Å². The van der Waals surface area contributed by atoms with Crippen molar-refractivity contribution in [1.29, 1.82) is 0 Å². The van der Waals surface area contributed by atoms with E-state index in [1.54, 1.807) is 0 Å². The molecule has 1 fully saturated rings. The number of hydrogen-bond donors (Lipinski definition) is 1. The summed E-state index contributed by atoms with van der Waals surface area (Å²) in [6.07, 6.45) is 4.55. The molecule has 1 saturated carbocycles. The number of carboxylic acid groups (broad SMARTS) is 1. The van der Waals surface area contributed by atoms with E-state index in [2.05, 4.69) is 4.90 Å². The molecule has 0 spiro atoms. The quantitative estimate of drug-likeness (QED) is 0.894. The Morgan fingerprint density at radius 1 is 1.42 bits per heavy atom. The number of carbonyl (C=O) groups is 1. The van der Waals surface area contributed by atoms with Gasteiger partial charge in [0.15, 0.2) is 0 Å². The smallest absolute Gasteiger partial charge is 0.317 e. The first-order valence-electron chi connectivity index (χ1n) is 6.81. The van der Waals surface area contributed by atoms with E-state index in [1.807, 2.05) is 31.2 Å². The van der Waals surface area contributed by atoms with Crippen molar-refractivity contribution in [2.24, 2.45) is 0 Å². The summed E-state index contributed by atoms with van der Waals surface area (Å²) in [5.74, 6) is -0.772. The maximum absolute atomic E-state index is 11.1. The van der Waals surface area contributed by atoms with Crippen LogP contribution < -0.4 is 0 Å². The van der Waals surface area contributed by atoms with Crippen molar-refractivity contribution in [3.05, 3.63) is 34.9 Å². The SMILES string of the molecule is CC(c1ccccc1Cl)N(CC(=O)O)C1CCCC1. The van der Waals surface area contributed by atoms with Gasteiger partial charge in [-0.15, -0.1) is 0 Å².